The van der Waals surface area contributed by atoms with Crippen LogP contribution < -0.4 is 5.73 Å². The van der Waals surface area contributed by atoms with Gasteiger partial charge in [0.05, 0.1) is 12.7 Å². The minimum absolute atomic E-state index is 0.229. The van der Waals surface area contributed by atoms with Crippen molar-refractivity contribution < 1.29 is 4.79 Å². The van der Waals surface area contributed by atoms with Gasteiger partial charge in [0.1, 0.15) is 0 Å². The summed E-state index contributed by atoms with van der Waals surface area (Å²) < 4.78 is 1.93. The lowest BCUT2D eigenvalue weighted by molar-refractivity contribution is -0.117. The van der Waals surface area contributed by atoms with Gasteiger partial charge in [0.2, 0.25) is 5.91 Å². The number of hydrogen-bond donors (Lipinski definition) is 1. The third kappa shape index (κ3) is 3.38. The molecule has 0 saturated carbocycles. The predicted octanol–water partition coefficient (Wildman–Crippen LogP) is 1.43. The summed E-state index contributed by atoms with van der Waals surface area (Å²) in [5, 5.41) is 0. The van der Waals surface area contributed by atoms with Crippen molar-refractivity contribution in [2.45, 2.75) is 26.8 Å². The fraction of sp³-hybridized carbons (Fsp3) is 0.333. The average Bonchev–Trinajstić information content (AvgIpc) is 2.64. The minimum atomic E-state index is -0.338. The Balaban J connectivity index is 2.80. The minimum Gasteiger partial charge on any atom is -0.369 e. The molecule has 0 aliphatic heterocycles. The topological polar surface area (TPSA) is 60.9 Å². The zero-order valence-corrected chi connectivity index (χ0v) is 9.68. The zero-order valence-electron chi connectivity index (χ0n) is 9.68. The Labute approximate surface area is 95.5 Å². The van der Waals surface area contributed by atoms with E-state index in [1.807, 2.05) is 36.6 Å². The predicted molar refractivity (Wildman–Crippen MR) is 63.7 cm³/mol. The van der Waals surface area contributed by atoms with Crippen LogP contribution in [0.5, 0.6) is 0 Å². The van der Waals surface area contributed by atoms with E-state index in [4.69, 9.17) is 5.73 Å². The van der Waals surface area contributed by atoms with E-state index in [9.17, 15) is 4.79 Å². The van der Waals surface area contributed by atoms with E-state index < -0.39 is 0 Å². The molecule has 0 saturated heterocycles. The largest absolute Gasteiger partial charge is 0.369 e. The van der Waals surface area contributed by atoms with Crippen molar-refractivity contribution in [1.82, 2.24) is 9.55 Å². The molecule has 1 aromatic heterocycles. The van der Waals surface area contributed by atoms with E-state index in [-0.39, 0.29) is 12.3 Å². The van der Waals surface area contributed by atoms with Gasteiger partial charge in [-0.3, -0.25) is 4.79 Å². The van der Waals surface area contributed by atoms with Crippen LogP contribution in [0.1, 0.15) is 19.5 Å². The molecule has 1 aromatic rings. The summed E-state index contributed by atoms with van der Waals surface area (Å²) in [6, 6.07) is 0. The maximum Gasteiger partial charge on any atom is 0.223 e. The van der Waals surface area contributed by atoms with Gasteiger partial charge in [-0.1, -0.05) is 18.2 Å². The maximum atomic E-state index is 10.9. The Morgan fingerprint density at radius 2 is 2.31 bits per heavy atom. The van der Waals surface area contributed by atoms with Crippen LogP contribution in [-0.4, -0.2) is 15.5 Å². The first-order valence-corrected chi connectivity index (χ1v) is 5.22. The van der Waals surface area contributed by atoms with Crippen LogP contribution in [0.15, 0.2) is 36.3 Å². The second kappa shape index (κ2) is 5.90. The first-order chi connectivity index (χ1) is 7.67. The Bertz CT molecular complexity index is 416. The number of imidazole rings is 1. The van der Waals surface area contributed by atoms with Crippen LogP contribution in [0.3, 0.4) is 0 Å². The summed E-state index contributed by atoms with van der Waals surface area (Å²) >= 11 is 0. The number of carbonyl (C=O) groups excluding carboxylic acids is 1. The van der Waals surface area contributed by atoms with Gasteiger partial charge >= 0.3 is 0 Å². The number of amides is 1. The van der Waals surface area contributed by atoms with E-state index in [0.29, 0.717) is 6.54 Å². The average molecular weight is 219 g/mol. The van der Waals surface area contributed by atoms with Gasteiger partial charge in [-0.2, -0.15) is 0 Å². The molecule has 0 aliphatic rings. The monoisotopic (exact) mass is 219 g/mol. The van der Waals surface area contributed by atoms with E-state index in [0.717, 1.165) is 5.69 Å². The van der Waals surface area contributed by atoms with Crippen LogP contribution in [0, 0.1) is 0 Å². The highest BCUT2D eigenvalue weighted by atomic mass is 16.1. The fourth-order valence-corrected chi connectivity index (χ4v) is 1.47. The van der Waals surface area contributed by atoms with Crippen LogP contribution in [0.2, 0.25) is 0 Å². The maximum absolute atomic E-state index is 10.9. The van der Waals surface area contributed by atoms with Crippen LogP contribution in [0.25, 0.3) is 0 Å². The van der Waals surface area contributed by atoms with Crippen molar-refractivity contribution in [1.29, 1.82) is 0 Å². The van der Waals surface area contributed by atoms with Gasteiger partial charge in [-0.25, -0.2) is 4.98 Å². The molecule has 4 nitrogen and oxygen atoms in total. The van der Waals surface area contributed by atoms with Crippen molar-refractivity contribution in [2.75, 3.05) is 0 Å². The highest BCUT2D eigenvalue weighted by Gasteiger charge is 2.05. The smallest absolute Gasteiger partial charge is 0.223 e. The van der Waals surface area contributed by atoms with Crippen molar-refractivity contribution in [3.63, 3.8) is 0 Å². The lowest BCUT2D eigenvalue weighted by atomic mass is 10.2. The van der Waals surface area contributed by atoms with Gasteiger partial charge in [-0.15, -0.1) is 0 Å². The van der Waals surface area contributed by atoms with Crippen LogP contribution in [-0.2, 0) is 17.8 Å². The van der Waals surface area contributed by atoms with E-state index in [1.165, 1.54) is 5.57 Å². The molecule has 86 valence electrons. The number of carbonyl (C=O) groups is 1. The first-order valence-electron chi connectivity index (χ1n) is 5.22. The lowest BCUT2D eigenvalue weighted by Gasteiger charge is -2.07. The number of primary amides is 1. The number of allylic oxidation sites excluding steroid dienone is 4. The van der Waals surface area contributed by atoms with Crippen LogP contribution in [0.4, 0.5) is 0 Å². The molecule has 16 heavy (non-hydrogen) atoms. The zero-order chi connectivity index (χ0) is 12.0. The summed E-state index contributed by atoms with van der Waals surface area (Å²) in [6.45, 7) is 4.67. The molecule has 0 spiro atoms. The number of nitrogens with two attached hydrogens (primary N) is 1. The Morgan fingerprint density at radius 1 is 1.56 bits per heavy atom. The van der Waals surface area contributed by atoms with Crippen molar-refractivity contribution >= 4 is 5.91 Å². The van der Waals surface area contributed by atoms with Gasteiger partial charge < -0.3 is 10.3 Å². The molecule has 1 rings (SSSR count). The number of hydrogen-bond acceptors (Lipinski definition) is 2. The second-order valence-corrected chi connectivity index (χ2v) is 3.52. The van der Waals surface area contributed by atoms with Gasteiger partial charge in [0.15, 0.2) is 0 Å². The molecule has 0 aliphatic carbocycles. The SMILES string of the molecule is C/C=C\C(=C/C)Cn1cncc1CC(N)=O. The summed E-state index contributed by atoms with van der Waals surface area (Å²) in [5.74, 6) is -0.338. The molecular formula is C12H17N3O. The van der Waals surface area contributed by atoms with E-state index in [2.05, 4.69) is 4.98 Å². The fourth-order valence-electron chi connectivity index (χ4n) is 1.47. The van der Waals surface area contributed by atoms with Crippen molar-refractivity contribution in [3.8, 4) is 0 Å². The number of rotatable bonds is 5. The molecule has 0 bridgehead atoms. The summed E-state index contributed by atoms with van der Waals surface area (Å²) in [7, 11) is 0. The Hall–Kier alpha value is -1.84. The highest BCUT2D eigenvalue weighted by molar-refractivity contribution is 5.76. The molecule has 1 amide bonds. The number of nitrogens with zero attached hydrogens (tertiary/aromatic N) is 2. The Kier molecular flexibility index (Phi) is 4.51. The molecule has 4 heteroatoms. The van der Waals surface area contributed by atoms with Gasteiger partial charge in [0, 0.05) is 18.4 Å². The third-order valence-corrected chi connectivity index (χ3v) is 2.26. The molecule has 2 N–H and O–H groups in total. The van der Waals surface area contributed by atoms with Gasteiger partial charge in [0.25, 0.3) is 0 Å². The highest BCUT2D eigenvalue weighted by Crippen LogP contribution is 2.06. The standard InChI is InChI=1S/C12H17N3O/c1-3-5-10(4-2)8-15-9-14-7-11(15)6-12(13)16/h3-5,7,9H,6,8H2,1-2H3,(H2,13,16)/b5-3-,10-4+. The van der Waals surface area contributed by atoms with Crippen LogP contribution >= 0.6 is 0 Å². The van der Waals surface area contributed by atoms with Gasteiger partial charge in [-0.05, 0) is 19.4 Å². The molecule has 0 atom stereocenters. The van der Waals surface area contributed by atoms with E-state index >= 15 is 0 Å². The third-order valence-electron chi connectivity index (χ3n) is 2.26. The van der Waals surface area contributed by atoms with Crippen molar-refractivity contribution in [3.05, 3.63) is 42.0 Å². The summed E-state index contributed by atoms with van der Waals surface area (Å²) in [6.07, 6.45) is 9.67. The molecule has 0 radical (unpaired) electrons. The van der Waals surface area contributed by atoms with E-state index in [1.54, 1.807) is 12.5 Å². The molecule has 1 heterocycles. The molecule has 0 unspecified atom stereocenters. The lowest BCUT2D eigenvalue weighted by Crippen LogP contribution is -2.16. The Morgan fingerprint density at radius 3 is 2.88 bits per heavy atom. The molecular weight excluding hydrogens is 202 g/mol. The van der Waals surface area contributed by atoms with Crippen molar-refractivity contribution in [2.24, 2.45) is 5.73 Å². The summed E-state index contributed by atoms with van der Waals surface area (Å²) in [4.78, 5) is 14.9. The molecule has 0 fully saturated rings. The quantitative estimate of drug-likeness (QED) is 0.761. The number of aromatic nitrogens is 2. The normalized spacial score (nSPS) is 12.2. The summed E-state index contributed by atoms with van der Waals surface area (Å²) in [5.41, 5.74) is 7.18. The molecule has 0 aromatic carbocycles. The first kappa shape index (κ1) is 12.2. The second-order valence-electron chi connectivity index (χ2n) is 3.52.